The number of nitrogens with zero attached hydrogens (tertiary/aromatic N) is 3. The lowest BCUT2D eigenvalue weighted by atomic mass is 10.1. The van der Waals surface area contributed by atoms with Crippen molar-refractivity contribution in [3.05, 3.63) is 101 Å². The summed E-state index contributed by atoms with van der Waals surface area (Å²) < 4.78 is 59.8. The predicted octanol–water partition coefficient (Wildman–Crippen LogP) is 7.24. The Balaban J connectivity index is 1.58. The second-order valence-electron chi connectivity index (χ2n) is 9.70. The minimum absolute atomic E-state index is 0.264. The molecule has 0 aliphatic heterocycles. The van der Waals surface area contributed by atoms with Crippen molar-refractivity contribution in [2.45, 2.75) is 20.0 Å². The average Bonchev–Trinajstić information content (AvgIpc) is 3.55. The Bertz CT molecular complexity index is 1770. The van der Waals surface area contributed by atoms with Crippen molar-refractivity contribution in [3.8, 4) is 39.9 Å². The van der Waals surface area contributed by atoms with Gasteiger partial charge in [-0.15, -0.1) is 0 Å². The summed E-state index contributed by atoms with van der Waals surface area (Å²) in [6.07, 6.45) is -4.46. The van der Waals surface area contributed by atoms with Gasteiger partial charge in [0.1, 0.15) is 5.82 Å². The van der Waals surface area contributed by atoms with E-state index in [2.05, 4.69) is 5.32 Å². The molecule has 0 saturated heterocycles. The molecule has 5 aromatic rings. The largest absolute Gasteiger partial charge is 0.493 e. The molecule has 0 unspecified atom stereocenters. The minimum atomic E-state index is -4.46. The smallest absolute Gasteiger partial charge is 0.416 e. The Hall–Kier alpha value is -5.19. The summed E-state index contributed by atoms with van der Waals surface area (Å²) >= 11 is 0. The summed E-state index contributed by atoms with van der Waals surface area (Å²) in [7, 11) is 4.40. The molecule has 0 radical (unpaired) electrons. The number of para-hydroxylation sites is 1. The van der Waals surface area contributed by atoms with Crippen LogP contribution in [-0.2, 0) is 6.18 Å². The molecule has 0 saturated carbocycles. The summed E-state index contributed by atoms with van der Waals surface area (Å²) in [5.74, 6) is 0.938. The van der Waals surface area contributed by atoms with Gasteiger partial charge >= 0.3 is 6.18 Å². The summed E-state index contributed by atoms with van der Waals surface area (Å²) in [6, 6.07) is 21.1. The van der Waals surface area contributed by atoms with Gasteiger partial charge in [-0.05, 0) is 62.4 Å². The molecule has 0 aliphatic rings. The molecule has 2 aromatic heterocycles. The number of rotatable bonds is 8. The third-order valence-electron chi connectivity index (χ3n) is 7.02. The van der Waals surface area contributed by atoms with Crippen molar-refractivity contribution in [1.29, 1.82) is 0 Å². The highest BCUT2D eigenvalue weighted by atomic mass is 19.4. The van der Waals surface area contributed by atoms with Crippen LogP contribution in [0.2, 0.25) is 0 Å². The van der Waals surface area contributed by atoms with Crippen LogP contribution in [0.5, 0.6) is 17.2 Å². The lowest BCUT2D eigenvalue weighted by Crippen LogP contribution is -2.15. The number of hydrogen-bond acceptors (Lipinski definition) is 5. The van der Waals surface area contributed by atoms with Crippen LogP contribution in [0.1, 0.15) is 27.3 Å². The van der Waals surface area contributed by atoms with Gasteiger partial charge in [0.15, 0.2) is 11.5 Å². The SMILES string of the molecule is COc1cc(C(=O)Nc2cc(-c3cc(C)n(-c4cccc(C(F)(F)F)c4)c3C)nn2-c2ccccc2)cc(OC)c1OC. The summed E-state index contributed by atoms with van der Waals surface area (Å²) in [6.45, 7) is 3.64. The number of carbonyl (C=O) groups is 1. The molecule has 0 bridgehead atoms. The fourth-order valence-corrected chi connectivity index (χ4v) is 5.01. The fourth-order valence-electron chi connectivity index (χ4n) is 5.01. The zero-order chi connectivity index (χ0) is 30.9. The number of aromatic nitrogens is 3. The van der Waals surface area contributed by atoms with Gasteiger partial charge in [0.25, 0.3) is 5.91 Å². The zero-order valence-corrected chi connectivity index (χ0v) is 24.1. The van der Waals surface area contributed by atoms with E-state index < -0.39 is 17.6 Å². The highest BCUT2D eigenvalue weighted by Gasteiger charge is 2.31. The molecule has 0 fully saturated rings. The molecule has 0 spiro atoms. The third kappa shape index (κ3) is 5.66. The van der Waals surface area contributed by atoms with Gasteiger partial charge < -0.3 is 24.1 Å². The number of methoxy groups -OCH3 is 3. The first-order valence-electron chi connectivity index (χ1n) is 13.2. The first-order chi connectivity index (χ1) is 20.5. The van der Waals surface area contributed by atoms with E-state index in [1.165, 1.54) is 27.4 Å². The number of aryl methyl sites for hydroxylation is 1. The van der Waals surface area contributed by atoms with Crippen LogP contribution in [0.4, 0.5) is 19.0 Å². The van der Waals surface area contributed by atoms with Gasteiger partial charge in [-0.25, -0.2) is 4.68 Å². The molecular formula is C32H29F3N4O4. The second kappa shape index (κ2) is 11.6. The molecule has 5 rings (SSSR count). The monoisotopic (exact) mass is 590 g/mol. The molecule has 0 aliphatic carbocycles. The van der Waals surface area contributed by atoms with Crippen molar-refractivity contribution in [2.24, 2.45) is 0 Å². The molecule has 11 heteroatoms. The molecular weight excluding hydrogens is 561 g/mol. The Morgan fingerprint density at radius 2 is 1.47 bits per heavy atom. The van der Waals surface area contributed by atoms with Gasteiger partial charge in [0.05, 0.1) is 38.3 Å². The van der Waals surface area contributed by atoms with Crippen LogP contribution in [0.25, 0.3) is 22.6 Å². The maximum absolute atomic E-state index is 13.5. The number of amides is 1. The van der Waals surface area contributed by atoms with Gasteiger partial charge in [-0.1, -0.05) is 24.3 Å². The van der Waals surface area contributed by atoms with Crippen LogP contribution in [0.3, 0.4) is 0 Å². The van der Waals surface area contributed by atoms with E-state index in [0.29, 0.717) is 51.4 Å². The van der Waals surface area contributed by atoms with E-state index in [1.54, 1.807) is 33.5 Å². The van der Waals surface area contributed by atoms with E-state index in [0.717, 1.165) is 17.8 Å². The maximum Gasteiger partial charge on any atom is 0.416 e. The summed E-state index contributed by atoms with van der Waals surface area (Å²) in [4.78, 5) is 13.5. The Morgan fingerprint density at radius 1 is 0.814 bits per heavy atom. The zero-order valence-electron chi connectivity index (χ0n) is 24.1. The quantitative estimate of drug-likeness (QED) is 0.206. The molecule has 222 valence electrons. The van der Waals surface area contributed by atoms with Crippen molar-refractivity contribution < 1.29 is 32.2 Å². The predicted molar refractivity (Wildman–Crippen MR) is 157 cm³/mol. The molecule has 0 atom stereocenters. The van der Waals surface area contributed by atoms with E-state index in [1.807, 2.05) is 50.2 Å². The summed E-state index contributed by atoms with van der Waals surface area (Å²) in [5.41, 5.74) is 3.25. The highest BCUT2D eigenvalue weighted by Crippen LogP contribution is 2.39. The van der Waals surface area contributed by atoms with E-state index >= 15 is 0 Å². The Kier molecular flexibility index (Phi) is 7.90. The van der Waals surface area contributed by atoms with Crippen molar-refractivity contribution in [2.75, 3.05) is 26.6 Å². The normalized spacial score (nSPS) is 11.3. The molecule has 1 N–H and O–H groups in total. The fraction of sp³-hybridized carbons (Fsp3) is 0.188. The number of ether oxygens (including phenoxy) is 3. The van der Waals surface area contributed by atoms with Crippen molar-refractivity contribution in [1.82, 2.24) is 14.3 Å². The number of halogens is 3. The maximum atomic E-state index is 13.5. The molecule has 1 amide bonds. The minimum Gasteiger partial charge on any atom is -0.493 e. The number of carbonyl (C=O) groups excluding carboxylic acids is 1. The van der Waals surface area contributed by atoms with E-state index in [-0.39, 0.29) is 5.56 Å². The number of nitrogens with one attached hydrogen (secondary N) is 1. The van der Waals surface area contributed by atoms with Gasteiger partial charge in [-0.3, -0.25) is 4.79 Å². The van der Waals surface area contributed by atoms with Gasteiger partial charge in [0.2, 0.25) is 5.75 Å². The standard InChI is InChI=1S/C32H29F3N4O4/c1-19-14-25(20(2)38(19)24-13-9-10-22(17-24)32(33,34)35)26-18-29(39(37-26)23-11-7-6-8-12-23)36-31(40)21-15-27(41-3)30(43-5)28(16-21)42-4/h6-18H,1-5H3,(H,36,40). The molecule has 43 heavy (non-hydrogen) atoms. The van der Waals surface area contributed by atoms with Crippen LogP contribution in [-0.4, -0.2) is 41.6 Å². The lowest BCUT2D eigenvalue weighted by Gasteiger charge is -2.14. The number of hydrogen-bond donors (Lipinski definition) is 1. The number of alkyl halides is 3. The van der Waals surface area contributed by atoms with Crippen molar-refractivity contribution >= 4 is 11.7 Å². The molecule has 3 aromatic carbocycles. The van der Waals surface area contributed by atoms with E-state index in [9.17, 15) is 18.0 Å². The third-order valence-corrected chi connectivity index (χ3v) is 7.02. The number of anilines is 1. The highest BCUT2D eigenvalue weighted by molar-refractivity contribution is 6.05. The number of benzene rings is 3. The Labute approximate surface area is 246 Å². The molecule has 8 nitrogen and oxygen atoms in total. The van der Waals surface area contributed by atoms with Crippen molar-refractivity contribution in [3.63, 3.8) is 0 Å². The van der Waals surface area contributed by atoms with Gasteiger partial charge in [-0.2, -0.15) is 18.3 Å². The first-order valence-corrected chi connectivity index (χ1v) is 13.2. The Morgan fingerprint density at radius 3 is 2.07 bits per heavy atom. The van der Waals surface area contributed by atoms with Crippen LogP contribution in [0.15, 0.2) is 78.9 Å². The first kappa shape index (κ1) is 29.3. The van der Waals surface area contributed by atoms with E-state index in [4.69, 9.17) is 19.3 Å². The lowest BCUT2D eigenvalue weighted by molar-refractivity contribution is -0.137. The molecule has 2 heterocycles. The average molecular weight is 591 g/mol. The van der Waals surface area contributed by atoms with Crippen LogP contribution in [0, 0.1) is 13.8 Å². The van der Waals surface area contributed by atoms with Crippen LogP contribution >= 0.6 is 0 Å². The topological polar surface area (TPSA) is 79.5 Å². The summed E-state index contributed by atoms with van der Waals surface area (Å²) in [5, 5.41) is 7.73. The van der Waals surface area contributed by atoms with Crippen LogP contribution < -0.4 is 19.5 Å². The second-order valence-corrected chi connectivity index (χ2v) is 9.70. The van der Waals surface area contributed by atoms with Gasteiger partial charge in [0, 0.05) is 34.3 Å².